The number of halogens is 2. The summed E-state index contributed by atoms with van der Waals surface area (Å²) < 4.78 is 25.3. The molecule has 0 aliphatic carbocycles. The molecule has 1 aromatic carbocycles. The van der Waals surface area contributed by atoms with E-state index in [1.165, 1.54) is 12.1 Å². The lowest BCUT2D eigenvalue weighted by Crippen LogP contribution is -2.02. The molecule has 1 nitrogen and oxygen atoms in total. The van der Waals surface area contributed by atoms with Crippen LogP contribution in [0.4, 0.5) is 8.78 Å². The smallest absolute Gasteiger partial charge is 0.129 e. The van der Waals surface area contributed by atoms with Gasteiger partial charge in [-0.15, -0.1) is 0 Å². The Kier molecular flexibility index (Phi) is 2.76. The molecule has 0 fully saturated rings. The van der Waals surface area contributed by atoms with Crippen molar-refractivity contribution in [2.75, 3.05) is 6.61 Å². The molecule has 0 amide bonds. The highest BCUT2D eigenvalue weighted by molar-refractivity contribution is 5.21. The number of benzene rings is 1. The Morgan fingerprint density at radius 3 is 2.58 bits per heavy atom. The zero-order valence-electron chi connectivity index (χ0n) is 6.72. The van der Waals surface area contributed by atoms with E-state index in [-0.39, 0.29) is 12.5 Å². The predicted octanol–water partition coefficient (Wildman–Crippen LogP) is 2.06. The molecule has 0 aliphatic rings. The molecule has 3 heteroatoms. The van der Waals surface area contributed by atoms with Crippen LogP contribution in [0.25, 0.3) is 0 Å². The number of hydrogen-bond donors (Lipinski definition) is 1. The van der Waals surface area contributed by atoms with Crippen LogP contribution in [-0.2, 0) is 0 Å². The summed E-state index contributed by atoms with van der Waals surface area (Å²) in [5, 5.41) is 8.72. The second-order valence-corrected chi connectivity index (χ2v) is 2.75. The van der Waals surface area contributed by atoms with Crippen molar-refractivity contribution < 1.29 is 13.9 Å². The lowest BCUT2D eigenvalue weighted by atomic mass is 10.0. The van der Waals surface area contributed by atoms with E-state index < -0.39 is 11.6 Å². The molecule has 0 aliphatic heterocycles. The Bertz CT molecular complexity index is 273. The van der Waals surface area contributed by atoms with E-state index in [1.54, 1.807) is 6.92 Å². The third-order valence-corrected chi connectivity index (χ3v) is 1.77. The molecule has 0 bridgehead atoms. The average Bonchev–Trinajstić information content (AvgIpc) is 2.03. The SMILES string of the molecule is CC(CO)c1ccc(F)cc1F. The standard InChI is InChI=1S/C9H10F2O/c1-6(5-12)8-3-2-7(10)4-9(8)11/h2-4,6,12H,5H2,1H3. The first kappa shape index (κ1) is 9.13. The van der Waals surface area contributed by atoms with Crippen LogP contribution in [-0.4, -0.2) is 11.7 Å². The van der Waals surface area contributed by atoms with Crippen LogP contribution in [0.1, 0.15) is 18.4 Å². The fraction of sp³-hybridized carbons (Fsp3) is 0.333. The van der Waals surface area contributed by atoms with Crippen LogP contribution in [0.3, 0.4) is 0 Å². The molecular weight excluding hydrogens is 162 g/mol. The average molecular weight is 172 g/mol. The van der Waals surface area contributed by atoms with Crippen molar-refractivity contribution in [3.05, 3.63) is 35.4 Å². The third kappa shape index (κ3) is 1.80. The monoisotopic (exact) mass is 172 g/mol. The Morgan fingerprint density at radius 1 is 1.42 bits per heavy atom. The van der Waals surface area contributed by atoms with Gasteiger partial charge in [-0.05, 0) is 11.6 Å². The summed E-state index contributed by atoms with van der Waals surface area (Å²) in [6.45, 7) is 1.54. The van der Waals surface area contributed by atoms with Gasteiger partial charge in [0.05, 0.1) is 0 Å². The van der Waals surface area contributed by atoms with E-state index in [4.69, 9.17) is 5.11 Å². The van der Waals surface area contributed by atoms with Gasteiger partial charge in [-0.25, -0.2) is 8.78 Å². The first-order chi connectivity index (χ1) is 5.65. The number of hydrogen-bond acceptors (Lipinski definition) is 1. The van der Waals surface area contributed by atoms with Crippen molar-refractivity contribution in [3.63, 3.8) is 0 Å². The van der Waals surface area contributed by atoms with Gasteiger partial charge in [0, 0.05) is 18.6 Å². The Hall–Kier alpha value is -0.960. The highest BCUT2D eigenvalue weighted by Crippen LogP contribution is 2.18. The van der Waals surface area contributed by atoms with E-state index in [2.05, 4.69) is 0 Å². The molecule has 1 unspecified atom stereocenters. The summed E-state index contributed by atoms with van der Waals surface area (Å²) in [4.78, 5) is 0. The van der Waals surface area contributed by atoms with Gasteiger partial charge in [0.15, 0.2) is 0 Å². The zero-order chi connectivity index (χ0) is 9.14. The number of aliphatic hydroxyl groups excluding tert-OH is 1. The summed E-state index contributed by atoms with van der Waals surface area (Å²) in [7, 11) is 0. The molecule has 1 N–H and O–H groups in total. The lowest BCUT2D eigenvalue weighted by Gasteiger charge is -2.08. The third-order valence-electron chi connectivity index (χ3n) is 1.77. The summed E-state index contributed by atoms with van der Waals surface area (Å²) in [6.07, 6.45) is 0. The Balaban J connectivity index is 3.01. The van der Waals surface area contributed by atoms with Crippen LogP contribution >= 0.6 is 0 Å². The maximum Gasteiger partial charge on any atom is 0.129 e. The number of aliphatic hydroxyl groups is 1. The fourth-order valence-corrected chi connectivity index (χ4v) is 1.000. The minimum Gasteiger partial charge on any atom is -0.396 e. The van der Waals surface area contributed by atoms with E-state index >= 15 is 0 Å². The molecule has 1 atom stereocenters. The van der Waals surface area contributed by atoms with Gasteiger partial charge >= 0.3 is 0 Å². The molecule has 12 heavy (non-hydrogen) atoms. The largest absolute Gasteiger partial charge is 0.396 e. The van der Waals surface area contributed by atoms with Gasteiger partial charge in [0.2, 0.25) is 0 Å². The first-order valence-electron chi connectivity index (χ1n) is 3.71. The Labute approximate surface area is 69.7 Å². The van der Waals surface area contributed by atoms with Crippen molar-refractivity contribution >= 4 is 0 Å². The van der Waals surface area contributed by atoms with Crippen LogP contribution in [0.5, 0.6) is 0 Å². The normalized spacial score (nSPS) is 13.0. The van der Waals surface area contributed by atoms with Crippen LogP contribution in [0, 0.1) is 11.6 Å². The quantitative estimate of drug-likeness (QED) is 0.723. The summed E-state index contributed by atoms with van der Waals surface area (Å²) in [5.41, 5.74) is 0.346. The lowest BCUT2D eigenvalue weighted by molar-refractivity contribution is 0.270. The minimum absolute atomic E-state index is 0.136. The molecule has 0 radical (unpaired) electrons. The molecule has 0 saturated heterocycles. The zero-order valence-corrected chi connectivity index (χ0v) is 6.72. The predicted molar refractivity (Wildman–Crippen MR) is 41.9 cm³/mol. The van der Waals surface area contributed by atoms with Gasteiger partial charge < -0.3 is 5.11 Å². The molecule has 0 spiro atoms. The van der Waals surface area contributed by atoms with Gasteiger partial charge in [0.1, 0.15) is 11.6 Å². The summed E-state index contributed by atoms with van der Waals surface area (Å²) >= 11 is 0. The van der Waals surface area contributed by atoms with E-state index in [0.29, 0.717) is 5.56 Å². The van der Waals surface area contributed by atoms with Crippen molar-refractivity contribution in [3.8, 4) is 0 Å². The highest BCUT2D eigenvalue weighted by atomic mass is 19.1. The number of rotatable bonds is 2. The van der Waals surface area contributed by atoms with Crippen molar-refractivity contribution in [1.29, 1.82) is 0 Å². The van der Waals surface area contributed by atoms with E-state index in [9.17, 15) is 8.78 Å². The molecule has 0 aromatic heterocycles. The van der Waals surface area contributed by atoms with E-state index in [1.807, 2.05) is 0 Å². The summed E-state index contributed by atoms with van der Waals surface area (Å²) in [5.74, 6) is -1.48. The van der Waals surface area contributed by atoms with Gasteiger partial charge in [-0.1, -0.05) is 13.0 Å². The van der Waals surface area contributed by atoms with E-state index in [0.717, 1.165) is 6.07 Å². The second kappa shape index (κ2) is 3.63. The molecule has 0 saturated carbocycles. The van der Waals surface area contributed by atoms with Crippen molar-refractivity contribution in [2.45, 2.75) is 12.8 Å². The molecule has 0 heterocycles. The minimum atomic E-state index is -0.600. The molecular formula is C9H10F2O. The van der Waals surface area contributed by atoms with Crippen LogP contribution < -0.4 is 0 Å². The van der Waals surface area contributed by atoms with Gasteiger partial charge in [0.25, 0.3) is 0 Å². The molecule has 66 valence electrons. The maximum absolute atomic E-state index is 12.9. The highest BCUT2D eigenvalue weighted by Gasteiger charge is 2.09. The summed E-state index contributed by atoms with van der Waals surface area (Å²) in [6, 6.07) is 3.36. The first-order valence-corrected chi connectivity index (χ1v) is 3.71. The van der Waals surface area contributed by atoms with Gasteiger partial charge in [-0.2, -0.15) is 0 Å². The van der Waals surface area contributed by atoms with Crippen LogP contribution in [0.15, 0.2) is 18.2 Å². The maximum atomic E-state index is 12.9. The molecule has 1 aromatic rings. The van der Waals surface area contributed by atoms with Crippen LogP contribution in [0.2, 0.25) is 0 Å². The van der Waals surface area contributed by atoms with Gasteiger partial charge in [-0.3, -0.25) is 0 Å². The van der Waals surface area contributed by atoms with Crippen molar-refractivity contribution in [2.24, 2.45) is 0 Å². The Morgan fingerprint density at radius 2 is 2.08 bits per heavy atom. The fourth-order valence-electron chi connectivity index (χ4n) is 1.000. The second-order valence-electron chi connectivity index (χ2n) is 2.75. The molecule has 1 rings (SSSR count). The van der Waals surface area contributed by atoms with Crippen molar-refractivity contribution in [1.82, 2.24) is 0 Å². The topological polar surface area (TPSA) is 20.2 Å².